The molecule has 0 radical (unpaired) electrons. The number of aromatic nitrogens is 1. The Labute approximate surface area is 233 Å². The minimum absolute atomic E-state index is 0.0473. The standard InChI is InChI=1S/C33H35F2NO4/c1-32(2)12-5-7-24(32)22-14-19(8-10-21(22)23-15-28(39-3)36-17-26(23)34)18-40-27-11-9-20-6-4-13-33(29(20)30(27)35)16-25(33)31(37)38/h8-11,14-15,17,24-25H,4-7,12-13,16,18H2,1-3H3,(H,37,38)/t24?,25-,33+/m0/s1. The van der Waals surface area contributed by atoms with Crippen LogP contribution >= 0.6 is 0 Å². The van der Waals surface area contributed by atoms with Crippen LogP contribution in [0.4, 0.5) is 8.78 Å². The summed E-state index contributed by atoms with van der Waals surface area (Å²) in [4.78, 5) is 15.7. The molecule has 0 amide bonds. The molecule has 210 valence electrons. The Morgan fingerprint density at radius 2 is 1.93 bits per heavy atom. The first-order chi connectivity index (χ1) is 19.1. The predicted molar refractivity (Wildman–Crippen MR) is 148 cm³/mol. The maximum absolute atomic E-state index is 15.9. The smallest absolute Gasteiger partial charge is 0.307 e. The highest BCUT2D eigenvalue weighted by Crippen LogP contribution is 2.61. The van der Waals surface area contributed by atoms with Crippen LogP contribution < -0.4 is 9.47 Å². The number of aliphatic carboxylic acids is 1. The first-order valence-corrected chi connectivity index (χ1v) is 14.1. The molecule has 1 aromatic heterocycles. The number of rotatable bonds is 7. The third kappa shape index (κ3) is 4.43. The van der Waals surface area contributed by atoms with Gasteiger partial charge in [-0.3, -0.25) is 4.79 Å². The summed E-state index contributed by atoms with van der Waals surface area (Å²) in [5, 5.41) is 9.62. The van der Waals surface area contributed by atoms with E-state index in [1.807, 2.05) is 18.2 Å². The normalized spacial score (nSPS) is 24.5. The number of nitrogens with zero attached hydrogens (tertiary/aromatic N) is 1. The molecule has 1 unspecified atom stereocenters. The summed E-state index contributed by atoms with van der Waals surface area (Å²) in [5.74, 6) is -1.51. The van der Waals surface area contributed by atoms with Crippen LogP contribution in [-0.4, -0.2) is 23.2 Å². The van der Waals surface area contributed by atoms with Gasteiger partial charge in [0.15, 0.2) is 11.6 Å². The van der Waals surface area contributed by atoms with E-state index in [0.29, 0.717) is 29.8 Å². The van der Waals surface area contributed by atoms with Crippen molar-refractivity contribution >= 4 is 5.97 Å². The maximum atomic E-state index is 15.9. The van der Waals surface area contributed by atoms with Crippen LogP contribution in [0.2, 0.25) is 0 Å². The summed E-state index contributed by atoms with van der Waals surface area (Å²) in [6.07, 6.45) is 7.16. The van der Waals surface area contributed by atoms with E-state index >= 15 is 8.78 Å². The third-order valence-corrected chi connectivity index (χ3v) is 9.61. The maximum Gasteiger partial charge on any atom is 0.307 e. The van der Waals surface area contributed by atoms with Crippen LogP contribution in [0.1, 0.15) is 80.5 Å². The van der Waals surface area contributed by atoms with Gasteiger partial charge in [-0.1, -0.05) is 44.5 Å². The van der Waals surface area contributed by atoms with Gasteiger partial charge < -0.3 is 14.6 Å². The minimum atomic E-state index is -0.857. The third-order valence-electron chi connectivity index (χ3n) is 9.61. The van der Waals surface area contributed by atoms with Crippen LogP contribution in [0.15, 0.2) is 42.6 Å². The zero-order chi connectivity index (χ0) is 28.2. The number of hydrogen-bond donors (Lipinski definition) is 1. The molecule has 2 aromatic carbocycles. The van der Waals surface area contributed by atoms with Gasteiger partial charge in [-0.25, -0.2) is 13.8 Å². The molecule has 0 aliphatic heterocycles. The fourth-order valence-electron chi connectivity index (χ4n) is 7.39. The number of hydrogen-bond acceptors (Lipinski definition) is 4. The molecular formula is C33H35F2NO4. The zero-order valence-electron chi connectivity index (χ0n) is 23.2. The van der Waals surface area contributed by atoms with Crippen LogP contribution in [-0.2, 0) is 23.2 Å². The molecule has 40 heavy (non-hydrogen) atoms. The van der Waals surface area contributed by atoms with Crippen molar-refractivity contribution in [3.63, 3.8) is 0 Å². The van der Waals surface area contributed by atoms with Crippen molar-refractivity contribution in [1.82, 2.24) is 4.98 Å². The predicted octanol–water partition coefficient (Wildman–Crippen LogP) is 7.59. The van der Waals surface area contributed by atoms with Crippen molar-refractivity contribution in [2.45, 2.75) is 76.7 Å². The monoisotopic (exact) mass is 547 g/mol. The SMILES string of the molecule is COc1cc(-c2ccc(COc3ccc4c(c3F)[C@]3(CCC4)C[C@H]3C(=O)O)cc2C2CCCC2(C)C)c(F)cn1. The summed E-state index contributed by atoms with van der Waals surface area (Å²) in [5.41, 5.74) is 4.03. The molecule has 7 heteroatoms. The fourth-order valence-corrected chi connectivity index (χ4v) is 7.39. The van der Waals surface area contributed by atoms with Crippen molar-refractivity contribution in [3.05, 3.63) is 76.5 Å². The molecule has 3 aliphatic carbocycles. The van der Waals surface area contributed by atoms with E-state index in [-0.39, 0.29) is 23.7 Å². The molecular weight excluding hydrogens is 512 g/mol. The number of aryl methyl sites for hydroxylation is 1. The summed E-state index contributed by atoms with van der Waals surface area (Å²) in [6, 6.07) is 11.1. The van der Waals surface area contributed by atoms with Gasteiger partial charge in [0, 0.05) is 22.6 Å². The fraction of sp³-hybridized carbons (Fsp3) is 0.455. The minimum Gasteiger partial charge on any atom is -0.486 e. The van der Waals surface area contributed by atoms with Gasteiger partial charge in [0.2, 0.25) is 5.88 Å². The van der Waals surface area contributed by atoms with Gasteiger partial charge in [-0.15, -0.1) is 0 Å². The average molecular weight is 548 g/mol. The molecule has 5 nitrogen and oxygen atoms in total. The second-order valence-electron chi connectivity index (χ2n) is 12.4. The van der Waals surface area contributed by atoms with Crippen LogP contribution in [0.3, 0.4) is 0 Å². The molecule has 0 bridgehead atoms. The van der Waals surface area contributed by atoms with Crippen molar-refractivity contribution < 1.29 is 28.2 Å². The average Bonchev–Trinajstić information content (AvgIpc) is 3.53. The van der Waals surface area contributed by atoms with E-state index in [1.165, 1.54) is 13.3 Å². The molecule has 0 saturated heterocycles. The van der Waals surface area contributed by atoms with Crippen molar-refractivity contribution in [3.8, 4) is 22.8 Å². The topological polar surface area (TPSA) is 68.7 Å². The van der Waals surface area contributed by atoms with E-state index in [0.717, 1.165) is 54.4 Å². The number of carbonyl (C=O) groups is 1. The lowest BCUT2D eigenvalue weighted by molar-refractivity contribution is -0.139. The van der Waals surface area contributed by atoms with E-state index < -0.39 is 28.9 Å². The van der Waals surface area contributed by atoms with Gasteiger partial charge in [0.25, 0.3) is 0 Å². The van der Waals surface area contributed by atoms with E-state index in [4.69, 9.17) is 9.47 Å². The summed E-state index contributed by atoms with van der Waals surface area (Å²) in [7, 11) is 1.51. The van der Waals surface area contributed by atoms with Crippen molar-refractivity contribution in [1.29, 1.82) is 0 Å². The molecule has 1 heterocycles. The Balaban J connectivity index is 1.33. The summed E-state index contributed by atoms with van der Waals surface area (Å²) < 4.78 is 42.2. The lowest BCUT2D eigenvalue weighted by atomic mass is 9.75. The Bertz CT molecular complexity index is 1490. The molecule has 2 fully saturated rings. The number of carboxylic acid groups (broad SMARTS) is 1. The molecule has 3 aromatic rings. The van der Waals surface area contributed by atoms with Crippen LogP contribution in [0.5, 0.6) is 11.6 Å². The highest BCUT2D eigenvalue weighted by molar-refractivity contribution is 5.78. The highest BCUT2D eigenvalue weighted by Gasteiger charge is 2.62. The first-order valence-electron chi connectivity index (χ1n) is 14.1. The number of pyridine rings is 1. The first kappa shape index (κ1) is 26.7. The highest BCUT2D eigenvalue weighted by atomic mass is 19.1. The second kappa shape index (κ2) is 9.86. The van der Waals surface area contributed by atoms with Gasteiger partial charge in [0.1, 0.15) is 12.4 Å². The molecule has 3 aliphatic rings. The van der Waals surface area contributed by atoms with E-state index in [1.54, 1.807) is 12.1 Å². The number of fused-ring (bicyclic) bond motifs is 2. The number of halogens is 2. The van der Waals surface area contributed by atoms with E-state index in [9.17, 15) is 9.90 Å². The Kier molecular flexibility index (Phi) is 6.59. The van der Waals surface area contributed by atoms with Gasteiger partial charge in [-0.05, 0) is 78.2 Å². The van der Waals surface area contributed by atoms with Gasteiger partial charge in [0.05, 0.1) is 19.2 Å². The summed E-state index contributed by atoms with van der Waals surface area (Å²) in [6.45, 7) is 4.65. The molecule has 1 N–H and O–H groups in total. The van der Waals surface area contributed by atoms with Gasteiger partial charge >= 0.3 is 5.97 Å². The molecule has 2 saturated carbocycles. The lowest BCUT2D eigenvalue weighted by Crippen LogP contribution is -2.23. The Hall–Kier alpha value is -3.48. The van der Waals surface area contributed by atoms with E-state index in [2.05, 4.69) is 24.9 Å². The quantitative estimate of drug-likeness (QED) is 0.330. The zero-order valence-corrected chi connectivity index (χ0v) is 23.2. The lowest BCUT2D eigenvalue weighted by Gasteiger charge is -2.30. The van der Waals surface area contributed by atoms with Crippen LogP contribution in [0.25, 0.3) is 11.1 Å². The van der Waals surface area contributed by atoms with Crippen LogP contribution in [0, 0.1) is 23.0 Å². The number of methoxy groups -OCH3 is 1. The van der Waals surface area contributed by atoms with Gasteiger partial charge in [-0.2, -0.15) is 0 Å². The number of benzene rings is 2. The Morgan fingerprint density at radius 3 is 2.62 bits per heavy atom. The number of carboxylic acids is 1. The number of ether oxygens (including phenoxy) is 2. The second-order valence-corrected chi connectivity index (χ2v) is 12.4. The molecule has 1 spiro atoms. The van der Waals surface area contributed by atoms with Crippen molar-refractivity contribution in [2.24, 2.45) is 11.3 Å². The Morgan fingerprint density at radius 1 is 1.10 bits per heavy atom. The molecule has 6 rings (SSSR count). The summed E-state index contributed by atoms with van der Waals surface area (Å²) >= 11 is 0. The largest absolute Gasteiger partial charge is 0.486 e. The molecule has 3 atom stereocenters. The van der Waals surface area contributed by atoms with Crippen molar-refractivity contribution in [2.75, 3.05) is 7.11 Å².